The van der Waals surface area contributed by atoms with E-state index < -0.39 is 5.97 Å². The van der Waals surface area contributed by atoms with Crippen LogP contribution in [0.2, 0.25) is 5.02 Å². The fourth-order valence-corrected chi connectivity index (χ4v) is 4.56. The fraction of sp³-hybridized carbons (Fsp3) is 0.286. The van der Waals surface area contributed by atoms with Crippen LogP contribution in [0.5, 0.6) is 0 Å². The maximum Gasteiger partial charge on any atom is 0.335 e. The summed E-state index contributed by atoms with van der Waals surface area (Å²) in [5.41, 5.74) is 1.71. The summed E-state index contributed by atoms with van der Waals surface area (Å²) in [6, 6.07) is 14.4. The van der Waals surface area contributed by atoms with Gasteiger partial charge in [-0.3, -0.25) is 0 Å². The Balaban J connectivity index is 1.70. The highest BCUT2D eigenvalue weighted by Gasteiger charge is 2.49. The van der Waals surface area contributed by atoms with Crippen LogP contribution in [0.1, 0.15) is 42.5 Å². The number of aliphatic imine (C=N–C) groups is 1. The number of carbonyl (C=O) groups is 1. The second kappa shape index (κ2) is 7.53. The molecule has 1 spiro atoms. The lowest BCUT2D eigenvalue weighted by Gasteiger charge is -2.42. The van der Waals surface area contributed by atoms with Crippen LogP contribution in [0.15, 0.2) is 53.5 Å². The van der Waals surface area contributed by atoms with E-state index in [1.165, 1.54) is 6.42 Å². The summed E-state index contributed by atoms with van der Waals surface area (Å²) in [5, 5.41) is 13.8. The van der Waals surface area contributed by atoms with E-state index in [1.807, 2.05) is 36.4 Å². The predicted molar refractivity (Wildman–Crippen MR) is 117 cm³/mol. The Morgan fingerprint density at radius 3 is 2.32 bits per heavy atom. The number of nitrogens with zero attached hydrogens (tertiary/aromatic N) is 2. The zero-order valence-corrected chi connectivity index (χ0v) is 16.8. The van der Waals surface area contributed by atoms with Gasteiger partial charge in [-0.2, -0.15) is 0 Å². The molecule has 7 heteroatoms. The largest absolute Gasteiger partial charge is 0.478 e. The van der Waals surface area contributed by atoms with Gasteiger partial charge in [-0.1, -0.05) is 30.9 Å². The minimum absolute atomic E-state index is 0.256. The van der Waals surface area contributed by atoms with E-state index in [-0.39, 0.29) is 11.1 Å². The van der Waals surface area contributed by atoms with Gasteiger partial charge in [-0.15, -0.1) is 0 Å². The van der Waals surface area contributed by atoms with Crippen LogP contribution in [0.25, 0.3) is 0 Å². The Labute approximate surface area is 174 Å². The van der Waals surface area contributed by atoms with Gasteiger partial charge in [0.1, 0.15) is 11.4 Å². The summed E-state index contributed by atoms with van der Waals surface area (Å²) >= 11 is 11.6. The first-order valence-corrected chi connectivity index (χ1v) is 10.1. The van der Waals surface area contributed by atoms with Crippen molar-refractivity contribution in [2.75, 3.05) is 10.2 Å². The van der Waals surface area contributed by atoms with Gasteiger partial charge in [0.2, 0.25) is 5.11 Å². The molecule has 2 N–H and O–H groups in total. The topological polar surface area (TPSA) is 64.9 Å². The third kappa shape index (κ3) is 3.38. The Morgan fingerprint density at radius 1 is 1.07 bits per heavy atom. The third-order valence-electron chi connectivity index (χ3n) is 5.43. The van der Waals surface area contributed by atoms with E-state index in [0.29, 0.717) is 10.1 Å². The molecule has 0 saturated heterocycles. The molecule has 0 aromatic heterocycles. The van der Waals surface area contributed by atoms with Gasteiger partial charge in [0.05, 0.1) is 5.56 Å². The van der Waals surface area contributed by atoms with Crippen LogP contribution < -0.4 is 10.2 Å². The summed E-state index contributed by atoms with van der Waals surface area (Å²) in [5.74, 6) is -0.0916. The van der Waals surface area contributed by atoms with E-state index in [4.69, 9.17) is 28.8 Å². The van der Waals surface area contributed by atoms with E-state index in [9.17, 15) is 9.90 Å². The molecule has 1 aliphatic carbocycles. The first-order chi connectivity index (χ1) is 13.5. The van der Waals surface area contributed by atoms with E-state index >= 15 is 0 Å². The van der Waals surface area contributed by atoms with Crippen molar-refractivity contribution < 1.29 is 9.90 Å². The van der Waals surface area contributed by atoms with E-state index in [0.717, 1.165) is 42.9 Å². The molecule has 2 aliphatic rings. The van der Waals surface area contributed by atoms with Gasteiger partial charge in [-0.25, -0.2) is 9.79 Å². The maximum atomic E-state index is 11.2. The Bertz CT molecular complexity index is 935. The summed E-state index contributed by atoms with van der Waals surface area (Å²) in [4.78, 5) is 18.0. The first kappa shape index (κ1) is 18.9. The molecular formula is C21H20ClN3O2S. The summed E-state index contributed by atoms with van der Waals surface area (Å²) in [7, 11) is 0. The smallest absolute Gasteiger partial charge is 0.335 e. The number of carboxylic acid groups (broad SMARTS) is 1. The third-order valence-corrected chi connectivity index (χ3v) is 5.95. The Kier molecular flexibility index (Phi) is 5.08. The van der Waals surface area contributed by atoms with Crippen molar-refractivity contribution in [3.63, 3.8) is 0 Å². The number of hydrogen-bond donors (Lipinski definition) is 2. The zero-order chi connectivity index (χ0) is 19.7. The average Bonchev–Trinajstić information content (AvgIpc) is 2.95. The van der Waals surface area contributed by atoms with Crippen molar-refractivity contribution in [2.24, 2.45) is 4.99 Å². The average molecular weight is 414 g/mol. The van der Waals surface area contributed by atoms with Crippen molar-refractivity contribution in [2.45, 2.75) is 37.6 Å². The monoisotopic (exact) mass is 413 g/mol. The minimum atomic E-state index is -0.940. The van der Waals surface area contributed by atoms with Gasteiger partial charge in [-0.05, 0) is 73.6 Å². The molecule has 28 heavy (non-hydrogen) atoms. The van der Waals surface area contributed by atoms with Crippen LogP contribution in [-0.4, -0.2) is 27.6 Å². The zero-order valence-electron chi connectivity index (χ0n) is 15.2. The van der Waals surface area contributed by atoms with Crippen molar-refractivity contribution in [1.82, 2.24) is 0 Å². The Hall–Kier alpha value is -2.44. The number of carboxylic acids is 1. The molecule has 144 valence electrons. The minimum Gasteiger partial charge on any atom is -0.478 e. The molecule has 4 rings (SSSR count). The number of hydrogen-bond acceptors (Lipinski definition) is 3. The second-order valence-corrected chi connectivity index (χ2v) is 7.96. The normalized spacial score (nSPS) is 18.2. The highest BCUT2D eigenvalue weighted by atomic mass is 35.5. The van der Waals surface area contributed by atoms with Crippen LogP contribution >= 0.6 is 23.8 Å². The highest BCUT2D eigenvalue weighted by Crippen LogP contribution is 2.42. The van der Waals surface area contributed by atoms with Gasteiger partial charge in [0.15, 0.2) is 0 Å². The molecular weight excluding hydrogens is 394 g/mol. The van der Waals surface area contributed by atoms with Crippen molar-refractivity contribution in [3.05, 3.63) is 59.1 Å². The number of nitrogens with one attached hydrogen (secondary N) is 1. The number of aromatic carboxylic acids is 1. The molecule has 0 radical (unpaired) electrons. The quantitative estimate of drug-likeness (QED) is 0.663. The molecule has 5 nitrogen and oxygen atoms in total. The molecule has 1 aliphatic heterocycles. The number of anilines is 2. The van der Waals surface area contributed by atoms with Crippen molar-refractivity contribution in [1.29, 1.82) is 0 Å². The molecule has 0 bridgehead atoms. The summed E-state index contributed by atoms with van der Waals surface area (Å²) in [6.07, 6.45) is 5.25. The number of halogens is 1. The molecule has 1 saturated carbocycles. The van der Waals surface area contributed by atoms with E-state index in [1.54, 1.807) is 12.1 Å². The summed E-state index contributed by atoms with van der Waals surface area (Å²) in [6.45, 7) is 0. The molecule has 0 amide bonds. The van der Waals surface area contributed by atoms with Crippen LogP contribution in [0, 0.1) is 0 Å². The Morgan fingerprint density at radius 2 is 1.71 bits per heavy atom. The highest BCUT2D eigenvalue weighted by molar-refractivity contribution is 7.80. The van der Waals surface area contributed by atoms with E-state index in [2.05, 4.69) is 10.2 Å². The van der Waals surface area contributed by atoms with Crippen molar-refractivity contribution in [3.8, 4) is 0 Å². The lowest BCUT2D eigenvalue weighted by atomic mass is 9.79. The lowest BCUT2D eigenvalue weighted by Crippen LogP contribution is -2.55. The van der Waals surface area contributed by atoms with Gasteiger partial charge >= 0.3 is 5.97 Å². The van der Waals surface area contributed by atoms with Crippen LogP contribution in [0.3, 0.4) is 0 Å². The second-order valence-electron chi connectivity index (χ2n) is 7.15. The molecule has 2 aromatic carbocycles. The molecule has 1 fully saturated rings. The summed E-state index contributed by atoms with van der Waals surface area (Å²) < 4.78 is 0. The number of rotatable bonds is 3. The molecule has 0 unspecified atom stereocenters. The van der Waals surface area contributed by atoms with Crippen LogP contribution in [-0.2, 0) is 0 Å². The fourth-order valence-electron chi connectivity index (χ4n) is 4.06. The van der Waals surface area contributed by atoms with Gasteiger partial charge < -0.3 is 15.3 Å². The number of amidine groups is 1. The van der Waals surface area contributed by atoms with Crippen LogP contribution in [0.4, 0.5) is 11.4 Å². The van der Waals surface area contributed by atoms with Gasteiger partial charge in [0, 0.05) is 16.4 Å². The number of thiocarbonyl (C=S) groups is 1. The standard InChI is InChI=1S/C21H20ClN3O2S/c22-15-6-8-16(9-7-15)23-19-21(12-2-1-3-13-21)25(20(28)24-19)17-10-4-14(5-11-17)18(26)27/h4-11H,1-3,12-13H2,(H,26,27)(H,23,24,28). The molecule has 0 atom stereocenters. The van der Waals surface area contributed by atoms with Gasteiger partial charge in [0.25, 0.3) is 0 Å². The van der Waals surface area contributed by atoms with Crippen molar-refractivity contribution >= 4 is 52.1 Å². The maximum absolute atomic E-state index is 11.2. The molecule has 1 heterocycles. The predicted octanol–water partition coefficient (Wildman–Crippen LogP) is 5.36. The lowest BCUT2D eigenvalue weighted by molar-refractivity contribution is 0.0697. The first-order valence-electron chi connectivity index (χ1n) is 9.29. The SMILES string of the molecule is O=C(O)c1ccc(N2C(=S)N=C(Nc3ccc(Cl)cc3)C23CCCCC3)cc1. The number of benzene rings is 2. The molecule has 2 aromatic rings.